The minimum absolute atomic E-state index is 0.689. The summed E-state index contributed by atoms with van der Waals surface area (Å²) in [4.78, 5) is 4.91. The number of likely N-dealkylation sites (N-methyl/N-ethyl adjacent to an activating group) is 1. The molecule has 2 rings (SSSR count). The van der Waals surface area contributed by atoms with Gasteiger partial charge in [-0.25, -0.2) is 0 Å². The van der Waals surface area contributed by atoms with Gasteiger partial charge in [-0.1, -0.05) is 29.8 Å². The summed E-state index contributed by atoms with van der Waals surface area (Å²) in [5.41, 5.74) is 2.78. The Labute approximate surface area is 131 Å². The Balaban J connectivity index is 2.07. The van der Waals surface area contributed by atoms with Crippen LogP contribution in [0.1, 0.15) is 19.4 Å². The van der Waals surface area contributed by atoms with Gasteiger partial charge in [-0.3, -0.25) is 0 Å². The van der Waals surface area contributed by atoms with Crippen molar-refractivity contribution in [3.8, 4) is 0 Å². The van der Waals surface area contributed by atoms with E-state index in [0.717, 1.165) is 43.7 Å². The van der Waals surface area contributed by atoms with E-state index in [1.165, 1.54) is 11.3 Å². The van der Waals surface area contributed by atoms with Crippen molar-refractivity contribution in [3.63, 3.8) is 0 Å². The molecule has 0 bridgehead atoms. The summed E-state index contributed by atoms with van der Waals surface area (Å²) in [6.07, 6.45) is 0. The predicted molar refractivity (Wildman–Crippen MR) is 90.4 cm³/mol. The number of anilines is 1. The maximum absolute atomic E-state index is 3.60. The third-order valence-corrected chi connectivity index (χ3v) is 4.25. The topological polar surface area (TPSA) is 18.5 Å². The van der Waals surface area contributed by atoms with E-state index in [1.807, 2.05) is 0 Å². The Morgan fingerprint density at radius 2 is 1.90 bits per heavy atom. The van der Waals surface area contributed by atoms with E-state index in [-0.39, 0.29) is 0 Å². The molecule has 0 amide bonds. The molecule has 0 aromatic heterocycles. The molecule has 1 N–H and O–H groups in total. The van der Waals surface area contributed by atoms with Crippen LogP contribution >= 0.6 is 15.9 Å². The lowest BCUT2D eigenvalue weighted by Gasteiger charge is -2.35. The van der Waals surface area contributed by atoms with E-state index < -0.39 is 0 Å². The van der Waals surface area contributed by atoms with Crippen LogP contribution in [0, 0.1) is 5.92 Å². The van der Waals surface area contributed by atoms with Crippen molar-refractivity contribution in [2.24, 2.45) is 5.92 Å². The summed E-state index contributed by atoms with van der Waals surface area (Å²) in [6, 6.07) is 6.66. The summed E-state index contributed by atoms with van der Waals surface area (Å²) in [6.45, 7) is 11.0. The van der Waals surface area contributed by atoms with Crippen LogP contribution in [0.2, 0.25) is 0 Å². The number of rotatable bonds is 5. The van der Waals surface area contributed by atoms with Crippen molar-refractivity contribution < 1.29 is 0 Å². The van der Waals surface area contributed by atoms with Crippen LogP contribution in [-0.2, 0) is 6.54 Å². The molecular weight excluding hydrogens is 314 g/mol. The molecule has 0 saturated carbocycles. The lowest BCUT2D eigenvalue weighted by molar-refractivity contribution is 0.312. The molecule has 4 heteroatoms. The fourth-order valence-corrected chi connectivity index (χ4v) is 2.96. The zero-order chi connectivity index (χ0) is 14.5. The number of hydrogen-bond acceptors (Lipinski definition) is 3. The molecule has 0 radical (unpaired) electrons. The van der Waals surface area contributed by atoms with Gasteiger partial charge in [0, 0.05) is 42.9 Å². The second kappa shape index (κ2) is 7.43. The molecule has 0 aliphatic carbocycles. The number of nitrogens with one attached hydrogen (secondary N) is 1. The quantitative estimate of drug-likeness (QED) is 0.889. The van der Waals surface area contributed by atoms with Crippen molar-refractivity contribution in [2.75, 3.05) is 44.7 Å². The van der Waals surface area contributed by atoms with Crippen LogP contribution < -0.4 is 10.2 Å². The minimum Gasteiger partial charge on any atom is -0.369 e. The first-order chi connectivity index (χ1) is 9.56. The lowest BCUT2D eigenvalue weighted by Crippen LogP contribution is -2.45. The third kappa shape index (κ3) is 4.47. The first-order valence-electron chi connectivity index (χ1n) is 7.49. The Bertz CT molecular complexity index is 426. The second-order valence-electron chi connectivity index (χ2n) is 6.09. The first-order valence-corrected chi connectivity index (χ1v) is 8.28. The van der Waals surface area contributed by atoms with Crippen LogP contribution in [0.15, 0.2) is 22.7 Å². The van der Waals surface area contributed by atoms with Gasteiger partial charge < -0.3 is 15.1 Å². The molecule has 1 heterocycles. The third-order valence-electron chi connectivity index (χ3n) is 3.75. The summed E-state index contributed by atoms with van der Waals surface area (Å²) in [5, 5.41) is 3.56. The molecule has 3 nitrogen and oxygen atoms in total. The van der Waals surface area contributed by atoms with Crippen LogP contribution in [0.25, 0.3) is 0 Å². The number of nitrogens with zero attached hydrogens (tertiary/aromatic N) is 2. The second-order valence-corrected chi connectivity index (χ2v) is 7.00. The molecular formula is C16H26BrN3. The van der Waals surface area contributed by atoms with Crippen LogP contribution in [-0.4, -0.2) is 44.7 Å². The van der Waals surface area contributed by atoms with E-state index in [0.29, 0.717) is 5.92 Å². The minimum atomic E-state index is 0.689. The first kappa shape index (κ1) is 15.8. The molecule has 112 valence electrons. The number of halogens is 1. The molecule has 1 aliphatic rings. The monoisotopic (exact) mass is 339 g/mol. The van der Waals surface area contributed by atoms with Gasteiger partial charge in [0.15, 0.2) is 0 Å². The number of hydrogen-bond donors (Lipinski definition) is 1. The van der Waals surface area contributed by atoms with Gasteiger partial charge in [-0.2, -0.15) is 0 Å². The maximum Gasteiger partial charge on any atom is 0.0413 e. The SMILES string of the molecule is CC(C)CNCc1cc(Br)ccc1N1CCN(C)CC1. The molecule has 1 saturated heterocycles. The van der Waals surface area contributed by atoms with E-state index in [4.69, 9.17) is 0 Å². The van der Waals surface area contributed by atoms with Crippen LogP contribution in [0.3, 0.4) is 0 Å². The fraction of sp³-hybridized carbons (Fsp3) is 0.625. The highest BCUT2D eigenvalue weighted by molar-refractivity contribution is 9.10. The Hall–Kier alpha value is -0.580. The predicted octanol–water partition coefficient (Wildman–Crippen LogP) is 2.95. The molecule has 20 heavy (non-hydrogen) atoms. The molecule has 0 unspecified atom stereocenters. The molecule has 1 aromatic carbocycles. The highest BCUT2D eigenvalue weighted by Crippen LogP contribution is 2.25. The van der Waals surface area contributed by atoms with Gasteiger partial charge in [-0.05, 0) is 43.3 Å². The van der Waals surface area contributed by atoms with Crippen molar-refractivity contribution in [3.05, 3.63) is 28.2 Å². The summed E-state index contributed by atoms with van der Waals surface area (Å²) < 4.78 is 1.16. The average molecular weight is 340 g/mol. The molecule has 0 spiro atoms. The molecule has 1 fully saturated rings. The van der Waals surface area contributed by atoms with Gasteiger partial charge >= 0.3 is 0 Å². The average Bonchev–Trinajstić information content (AvgIpc) is 2.40. The zero-order valence-corrected chi connectivity index (χ0v) is 14.4. The van der Waals surface area contributed by atoms with Crippen molar-refractivity contribution in [1.29, 1.82) is 0 Å². The van der Waals surface area contributed by atoms with Gasteiger partial charge in [-0.15, -0.1) is 0 Å². The molecule has 0 atom stereocenters. The fourth-order valence-electron chi connectivity index (χ4n) is 2.55. The van der Waals surface area contributed by atoms with E-state index in [2.05, 4.69) is 70.1 Å². The Morgan fingerprint density at radius 1 is 1.20 bits per heavy atom. The standard InChI is InChI=1S/C16H26BrN3/c1-13(2)11-18-12-14-10-15(17)4-5-16(14)20-8-6-19(3)7-9-20/h4-5,10,13,18H,6-9,11-12H2,1-3H3. The smallest absolute Gasteiger partial charge is 0.0413 e. The van der Waals surface area contributed by atoms with Crippen molar-refractivity contribution >= 4 is 21.6 Å². The van der Waals surface area contributed by atoms with Gasteiger partial charge in [0.2, 0.25) is 0 Å². The van der Waals surface area contributed by atoms with Gasteiger partial charge in [0.05, 0.1) is 0 Å². The highest BCUT2D eigenvalue weighted by Gasteiger charge is 2.17. The van der Waals surface area contributed by atoms with Gasteiger partial charge in [0.25, 0.3) is 0 Å². The highest BCUT2D eigenvalue weighted by atomic mass is 79.9. The Morgan fingerprint density at radius 3 is 2.55 bits per heavy atom. The van der Waals surface area contributed by atoms with E-state index in [9.17, 15) is 0 Å². The zero-order valence-electron chi connectivity index (χ0n) is 12.8. The Kier molecular flexibility index (Phi) is 5.87. The van der Waals surface area contributed by atoms with E-state index >= 15 is 0 Å². The number of piperazine rings is 1. The normalized spacial score (nSPS) is 16.9. The summed E-state index contributed by atoms with van der Waals surface area (Å²) in [7, 11) is 2.20. The van der Waals surface area contributed by atoms with Crippen molar-refractivity contribution in [1.82, 2.24) is 10.2 Å². The molecule has 1 aliphatic heterocycles. The summed E-state index contributed by atoms with van der Waals surface area (Å²) >= 11 is 3.60. The largest absolute Gasteiger partial charge is 0.369 e. The van der Waals surface area contributed by atoms with E-state index in [1.54, 1.807) is 0 Å². The molecule has 1 aromatic rings. The maximum atomic E-state index is 3.60. The van der Waals surface area contributed by atoms with Crippen LogP contribution in [0.4, 0.5) is 5.69 Å². The van der Waals surface area contributed by atoms with Gasteiger partial charge in [0.1, 0.15) is 0 Å². The number of benzene rings is 1. The van der Waals surface area contributed by atoms with Crippen molar-refractivity contribution in [2.45, 2.75) is 20.4 Å². The van der Waals surface area contributed by atoms with Crippen LogP contribution in [0.5, 0.6) is 0 Å². The lowest BCUT2D eigenvalue weighted by atomic mass is 10.1. The summed E-state index contributed by atoms with van der Waals surface area (Å²) in [5.74, 6) is 0.689.